The number of hydrogen-bond acceptors (Lipinski definition) is 4. The molecule has 6 nitrogen and oxygen atoms in total. The van der Waals surface area contributed by atoms with E-state index in [1.165, 1.54) is 0 Å². The summed E-state index contributed by atoms with van der Waals surface area (Å²) in [5.74, 6) is 0.163. The Hall–Kier alpha value is -2.57. The molecule has 3 N–H and O–H groups in total. The minimum atomic E-state index is -0.663. The zero-order valence-corrected chi connectivity index (χ0v) is 15.4. The summed E-state index contributed by atoms with van der Waals surface area (Å²) in [6, 6.07) is 14.7. The Bertz CT molecular complexity index is 986. The number of hydrogen-bond donors (Lipinski definition) is 3. The predicted octanol–water partition coefficient (Wildman–Crippen LogP) is 2.79. The maximum atomic E-state index is 12.4. The lowest BCUT2D eigenvalue weighted by molar-refractivity contribution is 0.0385. The number of likely N-dealkylation sites (tertiary alicyclic amines) is 1. The molecule has 0 amide bonds. The Balaban J connectivity index is 1.47. The summed E-state index contributed by atoms with van der Waals surface area (Å²) >= 11 is 0. The molecule has 1 fully saturated rings. The molecule has 2 atom stereocenters. The van der Waals surface area contributed by atoms with Crippen LogP contribution >= 0.6 is 0 Å². The normalized spacial score (nSPS) is 18.6. The Morgan fingerprint density at radius 2 is 1.85 bits per heavy atom. The lowest BCUT2D eigenvalue weighted by Gasteiger charge is -2.38. The molecule has 0 radical (unpaired) electrons. The Morgan fingerprint density at radius 1 is 1.11 bits per heavy atom. The van der Waals surface area contributed by atoms with Gasteiger partial charge in [0.1, 0.15) is 5.75 Å². The highest BCUT2D eigenvalue weighted by Gasteiger charge is 2.29. The van der Waals surface area contributed by atoms with E-state index in [1.54, 1.807) is 18.2 Å². The van der Waals surface area contributed by atoms with Crippen LogP contribution in [0.15, 0.2) is 53.3 Å². The van der Waals surface area contributed by atoms with E-state index in [2.05, 4.69) is 9.88 Å². The van der Waals surface area contributed by atoms with Crippen LogP contribution in [0.4, 0.5) is 0 Å². The van der Waals surface area contributed by atoms with Crippen LogP contribution in [-0.2, 0) is 0 Å². The van der Waals surface area contributed by atoms with Crippen LogP contribution in [0.2, 0.25) is 0 Å². The van der Waals surface area contributed by atoms with Gasteiger partial charge in [-0.1, -0.05) is 24.3 Å². The van der Waals surface area contributed by atoms with Gasteiger partial charge in [0.2, 0.25) is 0 Å². The van der Waals surface area contributed by atoms with Crippen LogP contribution in [0, 0.1) is 0 Å². The number of phenolic OH excluding ortho intramolecular Hbond substituents is 1. The molecule has 4 rings (SSSR count). The van der Waals surface area contributed by atoms with E-state index in [0.29, 0.717) is 0 Å². The smallest absolute Gasteiger partial charge is 0.326 e. The maximum Gasteiger partial charge on any atom is 0.326 e. The van der Waals surface area contributed by atoms with Gasteiger partial charge in [0.25, 0.3) is 0 Å². The number of aromatic amines is 1. The van der Waals surface area contributed by atoms with E-state index >= 15 is 0 Å². The molecule has 0 aliphatic carbocycles. The molecule has 3 aromatic rings. The highest BCUT2D eigenvalue weighted by atomic mass is 16.3. The number of nitrogens with zero attached hydrogens (tertiary/aromatic N) is 2. The molecule has 142 valence electrons. The number of para-hydroxylation sites is 2. The topological polar surface area (TPSA) is 81.5 Å². The molecule has 27 heavy (non-hydrogen) atoms. The Kier molecular flexibility index (Phi) is 4.76. The van der Waals surface area contributed by atoms with Crippen LogP contribution in [0.1, 0.15) is 37.5 Å². The van der Waals surface area contributed by atoms with Crippen molar-refractivity contribution in [2.75, 3.05) is 13.1 Å². The second-order valence-corrected chi connectivity index (χ2v) is 7.36. The standard InChI is InChI=1S/C21H25N3O3/c1-14(20(26)15-5-4-6-17(25)13-15)23-11-9-16(10-12-23)24-19-8-3-2-7-18(19)22-21(24)27/h2-8,13-14,16,20,25-26H,9-12H2,1H3,(H,22,27). The first-order valence-electron chi connectivity index (χ1n) is 9.45. The summed E-state index contributed by atoms with van der Waals surface area (Å²) in [6.45, 7) is 3.63. The monoisotopic (exact) mass is 367 g/mol. The molecular weight excluding hydrogens is 342 g/mol. The number of fused-ring (bicyclic) bond motifs is 1. The minimum absolute atomic E-state index is 0.0532. The predicted molar refractivity (Wildman–Crippen MR) is 105 cm³/mol. The first-order valence-corrected chi connectivity index (χ1v) is 9.45. The van der Waals surface area contributed by atoms with Crippen molar-refractivity contribution in [3.8, 4) is 5.75 Å². The summed E-state index contributed by atoms with van der Waals surface area (Å²) in [7, 11) is 0. The largest absolute Gasteiger partial charge is 0.508 e. The summed E-state index contributed by atoms with van der Waals surface area (Å²) in [6.07, 6.45) is 1.06. The van der Waals surface area contributed by atoms with E-state index in [0.717, 1.165) is 42.5 Å². The Labute approximate surface area is 157 Å². The lowest BCUT2D eigenvalue weighted by atomic mass is 9.97. The number of nitrogens with one attached hydrogen (secondary N) is 1. The molecule has 0 saturated carbocycles. The number of aromatic nitrogens is 2. The van der Waals surface area contributed by atoms with Gasteiger partial charge in [-0.15, -0.1) is 0 Å². The van der Waals surface area contributed by atoms with Gasteiger partial charge in [0.05, 0.1) is 17.1 Å². The van der Waals surface area contributed by atoms with E-state index in [4.69, 9.17) is 0 Å². The molecule has 0 spiro atoms. The van der Waals surface area contributed by atoms with Crippen molar-refractivity contribution in [3.05, 3.63) is 64.6 Å². The zero-order chi connectivity index (χ0) is 19.0. The third kappa shape index (κ3) is 3.38. The second kappa shape index (κ2) is 7.21. The van der Waals surface area contributed by atoms with Crippen molar-refractivity contribution in [2.24, 2.45) is 0 Å². The average molecular weight is 367 g/mol. The quantitative estimate of drug-likeness (QED) is 0.662. The number of imidazole rings is 1. The van der Waals surface area contributed by atoms with Crippen LogP contribution in [0.25, 0.3) is 11.0 Å². The molecule has 1 aromatic heterocycles. The zero-order valence-electron chi connectivity index (χ0n) is 15.4. The molecule has 2 unspecified atom stereocenters. The van der Waals surface area contributed by atoms with Gasteiger partial charge in [-0.05, 0) is 49.6 Å². The number of benzene rings is 2. The highest BCUT2D eigenvalue weighted by molar-refractivity contribution is 5.75. The highest BCUT2D eigenvalue weighted by Crippen LogP contribution is 2.29. The fourth-order valence-electron chi connectivity index (χ4n) is 4.18. The molecule has 6 heteroatoms. The van der Waals surface area contributed by atoms with Gasteiger partial charge < -0.3 is 15.2 Å². The molecule has 1 aliphatic rings. The number of phenols is 1. The van der Waals surface area contributed by atoms with Gasteiger partial charge in [-0.3, -0.25) is 9.47 Å². The van der Waals surface area contributed by atoms with E-state index in [1.807, 2.05) is 41.8 Å². The third-order valence-corrected chi connectivity index (χ3v) is 5.73. The number of aliphatic hydroxyl groups excluding tert-OH is 1. The van der Waals surface area contributed by atoms with Gasteiger partial charge in [-0.25, -0.2) is 4.79 Å². The van der Waals surface area contributed by atoms with E-state index in [9.17, 15) is 15.0 Å². The molecule has 0 bridgehead atoms. The van der Waals surface area contributed by atoms with Gasteiger partial charge in [0.15, 0.2) is 0 Å². The van der Waals surface area contributed by atoms with Gasteiger partial charge in [-0.2, -0.15) is 0 Å². The molecule has 1 saturated heterocycles. The van der Waals surface area contributed by atoms with Crippen molar-refractivity contribution >= 4 is 11.0 Å². The van der Waals surface area contributed by atoms with Crippen molar-refractivity contribution in [2.45, 2.75) is 38.0 Å². The molecule has 1 aliphatic heterocycles. The first-order chi connectivity index (χ1) is 13.0. The lowest BCUT2D eigenvalue weighted by Crippen LogP contribution is -2.44. The number of aliphatic hydroxyl groups is 1. The van der Waals surface area contributed by atoms with Gasteiger partial charge >= 0.3 is 5.69 Å². The average Bonchev–Trinajstić information content (AvgIpc) is 3.02. The fraction of sp³-hybridized carbons (Fsp3) is 0.381. The summed E-state index contributed by atoms with van der Waals surface area (Å²) < 4.78 is 1.88. The summed E-state index contributed by atoms with van der Waals surface area (Å²) in [5, 5.41) is 20.3. The van der Waals surface area contributed by atoms with Crippen LogP contribution < -0.4 is 5.69 Å². The van der Waals surface area contributed by atoms with E-state index in [-0.39, 0.29) is 23.5 Å². The number of H-pyrrole nitrogens is 1. The molecular formula is C21H25N3O3. The third-order valence-electron chi connectivity index (χ3n) is 5.73. The van der Waals surface area contributed by atoms with Crippen LogP contribution in [-0.4, -0.2) is 43.8 Å². The SMILES string of the molecule is CC(C(O)c1cccc(O)c1)N1CCC(n2c(=O)[nH]c3ccccc32)CC1. The van der Waals surface area contributed by atoms with Crippen LogP contribution in [0.3, 0.4) is 0 Å². The summed E-state index contributed by atoms with van der Waals surface area (Å²) in [4.78, 5) is 17.6. The second-order valence-electron chi connectivity index (χ2n) is 7.36. The first kappa shape index (κ1) is 17.8. The van der Waals surface area contributed by atoms with Crippen molar-refractivity contribution in [3.63, 3.8) is 0 Å². The maximum absolute atomic E-state index is 12.4. The van der Waals surface area contributed by atoms with Crippen molar-refractivity contribution in [1.82, 2.24) is 14.5 Å². The van der Waals surface area contributed by atoms with Gasteiger partial charge in [0, 0.05) is 25.2 Å². The van der Waals surface area contributed by atoms with Crippen molar-refractivity contribution < 1.29 is 10.2 Å². The minimum Gasteiger partial charge on any atom is -0.508 e. The number of aromatic hydroxyl groups is 1. The number of rotatable bonds is 4. The molecule has 2 heterocycles. The van der Waals surface area contributed by atoms with Crippen molar-refractivity contribution in [1.29, 1.82) is 0 Å². The Morgan fingerprint density at radius 3 is 2.59 bits per heavy atom. The summed E-state index contributed by atoms with van der Waals surface area (Å²) in [5.41, 5.74) is 2.49. The molecule has 2 aromatic carbocycles. The van der Waals surface area contributed by atoms with Crippen LogP contribution in [0.5, 0.6) is 5.75 Å². The van der Waals surface area contributed by atoms with E-state index < -0.39 is 6.10 Å². The fourth-order valence-corrected chi connectivity index (χ4v) is 4.18. The number of piperidine rings is 1.